The summed E-state index contributed by atoms with van der Waals surface area (Å²) in [5.41, 5.74) is 0.764. The number of rotatable bonds is 0. The molecule has 0 radical (unpaired) electrons. The molecule has 0 atom stereocenters. The zero-order chi connectivity index (χ0) is 6.85. The van der Waals surface area contributed by atoms with E-state index in [-0.39, 0.29) is 5.91 Å². The maximum atomic E-state index is 10.5. The Morgan fingerprint density at radius 1 is 1.67 bits per heavy atom. The second kappa shape index (κ2) is 2.66. The lowest BCUT2D eigenvalue weighted by Crippen LogP contribution is -2.12. The van der Waals surface area contributed by atoms with Gasteiger partial charge in [0.15, 0.2) is 0 Å². The second-order valence-corrected chi connectivity index (χ2v) is 2.82. The van der Waals surface area contributed by atoms with Gasteiger partial charge in [0.05, 0.1) is 5.70 Å². The average molecular weight is 253 g/mol. The number of allylic oxidation sites excluding steroid dienone is 1. The van der Waals surface area contributed by atoms with Crippen LogP contribution in [0, 0.1) is 0 Å². The summed E-state index contributed by atoms with van der Waals surface area (Å²) in [5.74, 6) is -0.0902. The number of hydrogen-bond acceptors (Lipinski definition) is 1. The molecule has 1 aliphatic rings. The van der Waals surface area contributed by atoms with Crippen molar-refractivity contribution in [2.24, 2.45) is 0 Å². The molecule has 0 bridgehead atoms. The van der Waals surface area contributed by atoms with E-state index in [1.807, 2.05) is 0 Å². The third kappa shape index (κ3) is 1.43. The van der Waals surface area contributed by atoms with E-state index in [0.717, 1.165) is 10.2 Å². The molecule has 0 fully saturated rings. The largest absolute Gasteiger partial charge is 0.321 e. The molecule has 4 heteroatoms. The van der Waals surface area contributed by atoms with Crippen LogP contribution in [0.3, 0.4) is 0 Å². The van der Waals surface area contributed by atoms with Crippen LogP contribution < -0.4 is 5.32 Å². The van der Waals surface area contributed by atoms with Crippen molar-refractivity contribution in [2.75, 3.05) is 0 Å². The number of carbonyl (C=O) groups is 1. The van der Waals surface area contributed by atoms with Crippen molar-refractivity contribution in [2.45, 2.75) is 0 Å². The van der Waals surface area contributed by atoms with Gasteiger partial charge in [0.25, 0.3) is 0 Å². The molecule has 2 nitrogen and oxygen atoms in total. The van der Waals surface area contributed by atoms with Crippen LogP contribution in [0.15, 0.2) is 21.2 Å². The smallest absolute Gasteiger partial charge is 0.249 e. The van der Waals surface area contributed by atoms with E-state index in [0.29, 0.717) is 0 Å². The highest BCUT2D eigenvalue weighted by Gasteiger charge is 2.12. The Bertz CT molecular complexity index is 207. The lowest BCUT2D eigenvalue weighted by atomic mass is 10.5. The monoisotopic (exact) mass is 251 g/mol. The van der Waals surface area contributed by atoms with Crippen molar-refractivity contribution in [1.29, 1.82) is 0 Å². The van der Waals surface area contributed by atoms with Gasteiger partial charge >= 0.3 is 0 Å². The van der Waals surface area contributed by atoms with E-state index in [9.17, 15) is 4.79 Å². The van der Waals surface area contributed by atoms with Gasteiger partial charge in [0.2, 0.25) is 5.91 Å². The zero-order valence-electron chi connectivity index (χ0n) is 4.32. The van der Waals surface area contributed by atoms with Gasteiger partial charge in [-0.2, -0.15) is 0 Å². The molecule has 1 amide bonds. The summed E-state index contributed by atoms with van der Waals surface area (Å²) in [6.45, 7) is 0. The number of amides is 1. The fraction of sp³-hybridized carbons (Fsp3) is 0. The molecule has 1 aliphatic heterocycles. The van der Waals surface area contributed by atoms with E-state index >= 15 is 0 Å². The predicted octanol–water partition coefficient (Wildman–Crippen LogP) is 1.63. The molecule has 0 aliphatic carbocycles. The Morgan fingerprint density at radius 2 is 2.33 bits per heavy atom. The zero-order valence-corrected chi connectivity index (χ0v) is 7.49. The predicted molar refractivity (Wildman–Crippen MR) is 42.2 cm³/mol. The summed E-state index contributed by atoms with van der Waals surface area (Å²) in [4.78, 5) is 12.2. The fourth-order valence-electron chi connectivity index (χ4n) is 0.501. The van der Waals surface area contributed by atoms with Crippen LogP contribution in [0.5, 0.6) is 0 Å². The minimum Gasteiger partial charge on any atom is -0.321 e. The first-order valence-corrected chi connectivity index (χ1v) is 3.94. The Balaban J connectivity index is 2.89. The quantitative estimate of drug-likeness (QED) is 0.698. The van der Waals surface area contributed by atoms with Crippen LogP contribution in [0.4, 0.5) is 0 Å². The van der Waals surface area contributed by atoms with Gasteiger partial charge in [-0.1, -0.05) is 15.9 Å². The Kier molecular flexibility index (Phi) is 2.08. The second-order valence-electron chi connectivity index (χ2n) is 1.50. The van der Waals surface area contributed by atoms with Crippen LogP contribution in [0.2, 0.25) is 0 Å². The van der Waals surface area contributed by atoms with E-state index in [1.54, 1.807) is 4.99 Å². The van der Waals surface area contributed by atoms with Crippen molar-refractivity contribution >= 4 is 37.8 Å². The summed E-state index contributed by atoms with van der Waals surface area (Å²) in [7, 11) is 0. The number of hydrogen-bond donors (Lipinski definition) is 1. The molecule has 0 saturated carbocycles. The molecule has 48 valence electrons. The Hall–Kier alpha value is -0.0900. The fourth-order valence-corrected chi connectivity index (χ4v) is 1.59. The van der Waals surface area contributed by atoms with Crippen molar-refractivity contribution < 1.29 is 4.79 Å². The molecule has 0 aromatic heterocycles. The minimum absolute atomic E-state index is 0.0902. The van der Waals surface area contributed by atoms with Crippen LogP contribution in [-0.4, -0.2) is 5.91 Å². The van der Waals surface area contributed by atoms with Crippen LogP contribution >= 0.6 is 31.9 Å². The molecule has 0 saturated heterocycles. The summed E-state index contributed by atoms with van der Waals surface area (Å²) in [6.07, 6.45) is 1.48. The first kappa shape index (κ1) is 7.02. The molecule has 0 unspecified atom stereocenters. The highest BCUT2D eigenvalue weighted by molar-refractivity contribution is 9.12. The molecular weight excluding hydrogens is 250 g/mol. The SMILES string of the molecule is O=C1C=C(Br)C(=CBr)N1. The Morgan fingerprint density at radius 3 is 2.56 bits per heavy atom. The van der Waals surface area contributed by atoms with Crippen molar-refractivity contribution in [3.05, 3.63) is 21.2 Å². The minimum atomic E-state index is -0.0902. The van der Waals surface area contributed by atoms with Crippen molar-refractivity contribution in [3.63, 3.8) is 0 Å². The van der Waals surface area contributed by atoms with Crippen LogP contribution in [0.1, 0.15) is 0 Å². The Labute approximate surface area is 69.3 Å². The van der Waals surface area contributed by atoms with Gasteiger partial charge in [-0.3, -0.25) is 4.79 Å². The molecule has 1 heterocycles. The van der Waals surface area contributed by atoms with Gasteiger partial charge < -0.3 is 5.32 Å². The summed E-state index contributed by atoms with van der Waals surface area (Å²) in [5, 5.41) is 2.59. The highest BCUT2D eigenvalue weighted by atomic mass is 79.9. The van der Waals surface area contributed by atoms with Gasteiger partial charge in [0, 0.05) is 15.5 Å². The molecule has 1 N–H and O–H groups in total. The topological polar surface area (TPSA) is 29.1 Å². The lowest BCUT2D eigenvalue weighted by molar-refractivity contribution is -0.115. The maximum absolute atomic E-state index is 10.5. The lowest BCUT2D eigenvalue weighted by Gasteiger charge is -1.92. The molecule has 0 aromatic rings. The molecule has 0 spiro atoms. The van der Waals surface area contributed by atoms with Crippen LogP contribution in [0.25, 0.3) is 0 Å². The summed E-state index contributed by atoms with van der Waals surface area (Å²) in [6, 6.07) is 0. The van der Waals surface area contributed by atoms with Crippen molar-refractivity contribution in [1.82, 2.24) is 5.32 Å². The van der Waals surface area contributed by atoms with Gasteiger partial charge in [0.1, 0.15) is 0 Å². The maximum Gasteiger partial charge on any atom is 0.249 e. The number of nitrogens with one attached hydrogen (secondary N) is 1. The number of halogens is 2. The summed E-state index contributed by atoms with van der Waals surface area (Å²) < 4.78 is 0.782. The first-order valence-electron chi connectivity index (χ1n) is 2.23. The third-order valence-electron chi connectivity index (χ3n) is 0.882. The van der Waals surface area contributed by atoms with E-state index in [1.165, 1.54) is 6.08 Å². The van der Waals surface area contributed by atoms with Crippen molar-refractivity contribution in [3.8, 4) is 0 Å². The molecule has 0 aromatic carbocycles. The standard InChI is InChI=1S/C5H3Br2NO/c6-2-4-3(7)1-5(9)8-4/h1-2H,(H,8,9). The van der Waals surface area contributed by atoms with Gasteiger partial charge in [-0.05, 0) is 15.9 Å². The number of carbonyl (C=O) groups excluding carboxylic acids is 1. The van der Waals surface area contributed by atoms with E-state index in [4.69, 9.17) is 0 Å². The average Bonchev–Trinajstić information content (AvgIpc) is 2.10. The first-order chi connectivity index (χ1) is 4.24. The van der Waals surface area contributed by atoms with Gasteiger partial charge in [-0.25, -0.2) is 0 Å². The van der Waals surface area contributed by atoms with E-state index in [2.05, 4.69) is 37.2 Å². The summed E-state index contributed by atoms with van der Waals surface area (Å²) >= 11 is 6.28. The molecular formula is C5H3Br2NO. The molecule has 1 rings (SSSR count). The highest BCUT2D eigenvalue weighted by Crippen LogP contribution is 2.20. The van der Waals surface area contributed by atoms with E-state index < -0.39 is 0 Å². The normalized spacial score (nSPS) is 22.2. The molecule has 9 heavy (non-hydrogen) atoms. The van der Waals surface area contributed by atoms with Crippen LogP contribution in [-0.2, 0) is 4.79 Å². The van der Waals surface area contributed by atoms with Gasteiger partial charge in [-0.15, -0.1) is 0 Å². The third-order valence-corrected chi connectivity index (χ3v) is 2.00.